The fourth-order valence-corrected chi connectivity index (χ4v) is 5.16. The molecule has 6 heteroatoms. The lowest BCUT2D eigenvalue weighted by Crippen LogP contribution is -2.49. The van der Waals surface area contributed by atoms with Gasteiger partial charge in [-0.2, -0.15) is 0 Å². The summed E-state index contributed by atoms with van der Waals surface area (Å²) in [4.78, 5) is 33.9. The third-order valence-electron chi connectivity index (χ3n) is 6.68. The van der Waals surface area contributed by atoms with Gasteiger partial charge in [-0.15, -0.1) is 0 Å². The van der Waals surface area contributed by atoms with Crippen LogP contribution < -0.4 is 0 Å². The van der Waals surface area contributed by atoms with E-state index in [1.807, 2.05) is 58.3 Å². The highest BCUT2D eigenvalue weighted by molar-refractivity contribution is 6.30. The van der Waals surface area contributed by atoms with E-state index >= 15 is 0 Å². The van der Waals surface area contributed by atoms with Gasteiger partial charge in [-0.25, -0.2) is 0 Å². The molecular weight excluding hydrogens is 422 g/mol. The molecule has 0 spiro atoms. The number of unbranched alkanes of at least 4 members (excludes halogenated alkanes) is 1. The first-order valence-electron chi connectivity index (χ1n) is 11.6. The summed E-state index contributed by atoms with van der Waals surface area (Å²) >= 11 is 6.36. The zero-order valence-corrected chi connectivity index (χ0v) is 19.7. The lowest BCUT2D eigenvalue weighted by Gasteiger charge is -2.43. The van der Waals surface area contributed by atoms with E-state index in [0.717, 1.165) is 50.0 Å². The van der Waals surface area contributed by atoms with Crippen LogP contribution in [0.1, 0.15) is 59.6 Å². The molecule has 2 heterocycles. The molecule has 1 saturated heterocycles. The average Bonchev–Trinajstić information content (AvgIpc) is 3.02. The molecule has 4 rings (SSSR count). The van der Waals surface area contributed by atoms with Crippen LogP contribution in [0.15, 0.2) is 48.5 Å². The van der Waals surface area contributed by atoms with Gasteiger partial charge in [0.05, 0.1) is 12.0 Å². The summed E-state index contributed by atoms with van der Waals surface area (Å²) in [7, 11) is 2.10. The first-order chi connectivity index (χ1) is 15.5. The monoisotopic (exact) mass is 453 g/mol. The highest BCUT2D eigenvalue weighted by Crippen LogP contribution is 2.44. The number of halogens is 1. The predicted octanol–water partition coefficient (Wildman–Crippen LogP) is 4.58. The van der Waals surface area contributed by atoms with E-state index in [1.54, 1.807) is 0 Å². The molecule has 170 valence electrons. The molecule has 0 aromatic heterocycles. The Balaban J connectivity index is 1.82. The largest absolute Gasteiger partial charge is 0.341 e. The summed E-state index contributed by atoms with van der Waals surface area (Å²) in [5.41, 5.74) is 2.40. The van der Waals surface area contributed by atoms with Gasteiger partial charge in [0.2, 0.25) is 5.91 Å². The number of hydrogen-bond acceptors (Lipinski definition) is 3. The van der Waals surface area contributed by atoms with Crippen molar-refractivity contribution in [1.82, 2.24) is 14.7 Å². The molecule has 2 atom stereocenters. The fraction of sp³-hybridized carbons (Fsp3) is 0.462. The average molecular weight is 454 g/mol. The normalized spacial score (nSPS) is 21.9. The van der Waals surface area contributed by atoms with Gasteiger partial charge in [-0.1, -0.05) is 55.3 Å². The van der Waals surface area contributed by atoms with Crippen molar-refractivity contribution in [2.45, 2.75) is 38.1 Å². The van der Waals surface area contributed by atoms with Crippen LogP contribution >= 0.6 is 11.6 Å². The number of nitrogens with zero attached hydrogens (tertiary/aromatic N) is 3. The summed E-state index contributed by atoms with van der Waals surface area (Å²) in [5.74, 6) is -0.340. The van der Waals surface area contributed by atoms with Crippen molar-refractivity contribution in [3.8, 4) is 0 Å². The van der Waals surface area contributed by atoms with E-state index in [2.05, 4.69) is 18.9 Å². The summed E-state index contributed by atoms with van der Waals surface area (Å²) in [6, 6.07) is 14.9. The molecule has 0 bridgehead atoms. The minimum Gasteiger partial charge on any atom is -0.341 e. The second-order valence-corrected chi connectivity index (χ2v) is 9.34. The Bertz CT molecular complexity index is 979. The van der Waals surface area contributed by atoms with Gasteiger partial charge in [-0.3, -0.25) is 9.59 Å². The zero-order valence-electron chi connectivity index (χ0n) is 19.0. The minimum atomic E-state index is -0.442. The molecule has 0 radical (unpaired) electrons. The van der Waals surface area contributed by atoms with Crippen molar-refractivity contribution in [1.29, 1.82) is 0 Å². The van der Waals surface area contributed by atoms with Gasteiger partial charge in [0.25, 0.3) is 5.91 Å². The molecule has 5 nitrogen and oxygen atoms in total. The Labute approximate surface area is 195 Å². The van der Waals surface area contributed by atoms with Crippen molar-refractivity contribution in [3.05, 3.63) is 70.2 Å². The van der Waals surface area contributed by atoms with Crippen LogP contribution in [-0.4, -0.2) is 66.3 Å². The number of hydrogen-bond donors (Lipinski definition) is 0. The molecule has 0 aliphatic carbocycles. The van der Waals surface area contributed by atoms with Crippen LogP contribution in [0.5, 0.6) is 0 Å². The van der Waals surface area contributed by atoms with Crippen LogP contribution in [0.2, 0.25) is 5.02 Å². The molecule has 2 aliphatic rings. The molecular formula is C26H32ClN3O2. The fourth-order valence-electron chi connectivity index (χ4n) is 4.96. The van der Waals surface area contributed by atoms with Gasteiger partial charge >= 0.3 is 0 Å². The van der Waals surface area contributed by atoms with Crippen LogP contribution in [0.3, 0.4) is 0 Å². The first kappa shape index (κ1) is 22.8. The molecule has 0 saturated carbocycles. The quantitative estimate of drug-likeness (QED) is 0.665. The summed E-state index contributed by atoms with van der Waals surface area (Å²) in [6.45, 7) is 6.04. The number of rotatable bonds is 5. The van der Waals surface area contributed by atoms with Crippen molar-refractivity contribution >= 4 is 23.4 Å². The number of fused-ring (bicyclic) bond motifs is 1. The molecule has 2 aromatic rings. The van der Waals surface area contributed by atoms with E-state index in [9.17, 15) is 9.59 Å². The Hall–Kier alpha value is -2.37. The molecule has 2 unspecified atom stereocenters. The number of carbonyl (C=O) groups excluding carboxylic acids is 2. The number of benzene rings is 2. The number of amides is 2. The van der Waals surface area contributed by atoms with E-state index in [0.29, 0.717) is 23.7 Å². The van der Waals surface area contributed by atoms with Crippen LogP contribution in [-0.2, 0) is 4.79 Å². The van der Waals surface area contributed by atoms with Crippen molar-refractivity contribution < 1.29 is 9.59 Å². The van der Waals surface area contributed by atoms with Gasteiger partial charge in [0, 0.05) is 36.8 Å². The lowest BCUT2D eigenvalue weighted by atomic mass is 9.78. The van der Waals surface area contributed by atoms with Crippen molar-refractivity contribution in [2.24, 2.45) is 0 Å². The van der Waals surface area contributed by atoms with Crippen molar-refractivity contribution in [2.75, 3.05) is 39.8 Å². The van der Waals surface area contributed by atoms with Crippen LogP contribution in [0.25, 0.3) is 0 Å². The standard InChI is InChI=1S/C26H32ClN3O2/c1-3-4-15-30-24(19-9-7-10-20(27)18-19)23(21-11-5-6-12-22(21)25(30)31)26(32)29-14-8-13-28(2)16-17-29/h5-7,9-12,18,23-24H,3-4,8,13-17H2,1-2H3. The smallest absolute Gasteiger partial charge is 0.254 e. The van der Waals surface area contributed by atoms with E-state index in [-0.39, 0.29) is 17.9 Å². The maximum Gasteiger partial charge on any atom is 0.254 e. The number of carbonyl (C=O) groups is 2. The topological polar surface area (TPSA) is 43.9 Å². The van der Waals surface area contributed by atoms with Gasteiger partial charge in [-0.05, 0) is 55.8 Å². The van der Waals surface area contributed by atoms with Crippen molar-refractivity contribution in [3.63, 3.8) is 0 Å². The SMILES string of the molecule is CCCCN1C(=O)c2ccccc2C(C(=O)N2CCCN(C)CC2)C1c1cccc(Cl)c1. The van der Waals surface area contributed by atoms with E-state index in [1.165, 1.54) is 0 Å². The molecule has 0 N–H and O–H groups in total. The third-order valence-corrected chi connectivity index (χ3v) is 6.91. The lowest BCUT2D eigenvalue weighted by molar-refractivity contribution is -0.134. The predicted molar refractivity (Wildman–Crippen MR) is 128 cm³/mol. The van der Waals surface area contributed by atoms with Gasteiger partial charge in [0.1, 0.15) is 0 Å². The summed E-state index contributed by atoms with van der Waals surface area (Å²) in [6.07, 6.45) is 2.82. The maximum absolute atomic E-state index is 14.1. The summed E-state index contributed by atoms with van der Waals surface area (Å²) < 4.78 is 0. The minimum absolute atomic E-state index is 0.00123. The molecule has 2 amide bonds. The Morgan fingerprint density at radius 1 is 1.06 bits per heavy atom. The second kappa shape index (κ2) is 10.1. The van der Waals surface area contributed by atoms with Gasteiger partial charge < -0.3 is 14.7 Å². The molecule has 2 aliphatic heterocycles. The highest BCUT2D eigenvalue weighted by Gasteiger charge is 2.45. The Morgan fingerprint density at radius 2 is 1.88 bits per heavy atom. The Morgan fingerprint density at radius 3 is 2.66 bits per heavy atom. The highest BCUT2D eigenvalue weighted by atomic mass is 35.5. The maximum atomic E-state index is 14.1. The first-order valence-corrected chi connectivity index (χ1v) is 12.0. The van der Waals surface area contributed by atoms with E-state index < -0.39 is 5.92 Å². The van der Waals surface area contributed by atoms with Crippen LogP contribution in [0.4, 0.5) is 0 Å². The molecule has 32 heavy (non-hydrogen) atoms. The third kappa shape index (κ3) is 4.55. The Kier molecular flexibility index (Phi) is 7.17. The molecule has 2 aromatic carbocycles. The van der Waals surface area contributed by atoms with Gasteiger partial charge in [0.15, 0.2) is 0 Å². The molecule has 1 fully saturated rings. The van der Waals surface area contributed by atoms with Crippen LogP contribution in [0, 0.1) is 0 Å². The zero-order chi connectivity index (χ0) is 22.7. The number of likely N-dealkylation sites (N-methyl/N-ethyl adjacent to an activating group) is 1. The van der Waals surface area contributed by atoms with E-state index in [4.69, 9.17) is 11.6 Å². The summed E-state index contributed by atoms with van der Waals surface area (Å²) in [5, 5.41) is 0.617. The second-order valence-electron chi connectivity index (χ2n) is 8.90.